The molecule has 0 bridgehead atoms. The summed E-state index contributed by atoms with van der Waals surface area (Å²) in [7, 11) is 0. The lowest BCUT2D eigenvalue weighted by molar-refractivity contribution is 0.318. The fourth-order valence-corrected chi connectivity index (χ4v) is 3.51. The average Bonchev–Trinajstić information content (AvgIpc) is 2.74. The second-order valence-corrected chi connectivity index (χ2v) is 5.48. The summed E-state index contributed by atoms with van der Waals surface area (Å²) >= 11 is 0. The Balaban J connectivity index is 2.09. The second-order valence-electron chi connectivity index (χ2n) is 5.48. The molecule has 1 aromatic heterocycles. The van der Waals surface area contributed by atoms with Gasteiger partial charge in [0.15, 0.2) is 0 Å². The molecule has 1 aliphatic heterocycles. The van der Waals surface area contributed by atoms with E-state index in [0.29, 0.717) is 5.92 Å². The molecule has 0 radical (unpaired) electrons. The molecule has 2 heterocycles. The van der Waals surface area contributed by atoms with Crippen LogP contribution in [0.2, 0.25) is 0 Å². The molecule has 2 aromatic rings. The molecule has 2 N–H and O–H groups in total. The van der Waals surface area contributed by atoms with E-state index in [9.17, 15) is 0 Å². The molecular weight excluding hydrogens is 220 g/mol. The fraction of sp³-hybridized carbons (Fsp3) is 0.500. The number of benzene rings is 1. The standard InChI is InChI=1S/C16H22N2/c1-3-12-10-17-9-8-13(12)16-11(2)18-15-7-5-4-6-14(15)16/h4-7,12-13,17-18H,3,8-10H2,1-2H3. The highest BCUT2D eigenvalue weighted by Crippen LogP contribution is 2.38. The summed E-state index contributed by atoms with van der Waals surface area (Å²) in [5.74, 6) is 1.49. The van der Waals surface area contributed by atoms with Crippen LogP contribution >= 0.6 is 0 Å². The van der Waals surface area contributed by atoms with Crippen LogP contribution in [0.1, 0.15) is 36.9 Å². The third-order valence-corrected chi connectivity index (χ3v) is 4.45. The van der Waals surface area contributed by atoms with E-state index in [1.54, 1.807) is 5.56 Å². The van der Waals surface area contributed by atoms with Gasteiger partial charge in [-0.3, -0.25) is 0 Å². The van der Waals surface area contributed by atoms with Gasteiger partial charge in [0.2, 0.25) is 0 Å². The summed E-state index contributed by atoms with van der Waals surface area (Å²) in [6.07, 6.45) is 2.53. The van der Waals surface area contributed by atoms with Gasteiger partial charge in [0.05, 0.1) is 0 Å². The first-order valence-corrected chi connectivity index (χ1v) is 7.09. The molecule has 2 nitrogen and oxygen atoms in total. The molecule has 2 heteroatoms. The lowest BCUT2D eigenvalue weighted by Crippen LogP contribution is -2.35. The molecule has 1 aromatic carbocycles. The third-order valence-electron chi connectivity index (χ3n) is 4.45. The Morgan fingerprint density at radius 3 is 2.94 bits per heavy atom. The van der Waals surface area contributed by atoms with E-state index in [1.807, 2.05) is 0 Å². The number of aromatic amines is 1. The number of aryl methyl sites for hydroxylation is 1. The second kappa shape index (κ2) is 4.77. The molecule has 1 aliphatic rings. The average molecular weight is 242 g/mol. The highest BCUT2D eigenvalue weighted by molar-refractivity contribution is 5.85. The van der Waals surface area contributed by atoms with Crippen LogP contribution in [0.5, 0.6) is 0 Å². The Hall–Kier alpha value is -1.28. The predicted octanol–water partition coefficient (Wildman–Crippen LogP) is 3.58. The lowest BCUT2D eigenvalue weighted by atomic mass is 9.79. The number of nitrogens with one attached hydrogen (secondary N) is 2. The van der Waals surface area contributed by atoms with Crippen molar-refractivity contribution in [2.45, 2.75) is 32.6 Å². The van der Waals surface area contributed by atoms with Crippen molar-refractivity contribution in [3.05, 3.63) is 35.5 Å². The van der Waals surface area contributed by atoms with Crippen molar-refractivity contribution in [3.8, 4) is 0 Å². The minimum atomic E-state index is 0.715. The van der Waals surface area contributed by atoms with Gasteiger partial charge in [0.25, 0.3) is 0 Å². The van der Waals surface area contributed by atoms with E-state index in [1.165, 1.54) is 36.0 Å². The zero-order valence-electron chi connectivity index (χ0n) is 11.3. The number of para-hydroxylation sites is 1. The normalized spacial score (nSPS) is 24.6. The summed E-state index contributed by atoms with van der Waals surface area (Å²) in [6.45, 7) is 6.86. The Labute approximate surface area is 109 Å². The number of H-pyrrole nitrogens is 1. The van der Waals surface area contributed by atoms with Crippen molar-refractivity contribution in [1.29, 1.82) is 0 Å². The molecule has 2 unspecified atom stereocenters. The Morgan fingerprint density at radius 1 is 1.28 bits per heavy atom. The molecule has 96 valence electrons. The van der Waals surface area contributed by atoms with Crippen LogP contribution in [0.3, 0.4) is 0 Å². The Bertz CT molecular complexity index is 541. The van der Waals surface area contributed by atoms with Crippen LogP contribution in [0.15, 0.2) is 24.3 Å². The van der Waals surface area contributed by atoms with E-state index in [-0.39, 0.29) is 0 Å². The molecule has 1 saturated heterocycles. The molecule has 2 atom stereocenters. The van der Waals surface area contributed by atoms with Crippen molar-refractivity contribution in [2.75, 3.05) is 13.1 Å². The zero-order valence-corrected chi connectivity index (χ0v) is 11.3. The maximum atomic E-state index is 3.55. The topological polar surface area (TPSA) is 27.8 Å². The summed E-state index contributed by atoms with van der Waals surface area (Å²) in [5, 5.41) is 4.97. The lowest BCUT2D eigenvalue weighted by Gasteiger charge is -2.32. The molecule has 3 rings (SSSR count). The minimum absolute atomic E-state index is 0.715. The third kappa shape index (κ3) is 1.85. The molecule has 0 amide bonds. The number of rotatable bonds is 2. The molecule has 18 heavy (non-hydrogen) atoms. The number of hydrogen-bond donors (Lipinski definition) is 2. The van der Waals surface area contributed by atoms with Crippen LogP contribution in [0, 0.1) is 12.8 Å². The van der Waals surface area contributed by atoms with Crippen molar-refractivity contribution in [1.82, 2.24) is 10.3 Å². The smallest absolute Gasteiger partial charge is 0.0458 e. The van der Waals surface area contributed by atoms with Crippen molar-refractivity contribution < 1.29 is 0 Å². The van der Waals surface area contributed by atoms with E-state index >= 15 is 0 Å². The highest BCUT2D eigenvalue weighted by atomic mass is 14.9. The first kappa shape index (κ1) is 11.8. The predicted molar refractivity (Wildman–Crippen MR) is 77.0 cm³/mol. The summed E-state index contributed by atoms with van der Waals surface area (Å²) < 4.78 is 0. The summed E-state index contributed by atoms with van der Waals surface area (Å²) in [5.41, 5.74) is 4.22. The van der Waals surface area contributed by atoms with Crippen LogP contribution in [0.25, 0.3) is 10.9 Å². The van der Waals surface area contributed by atoms with E-state index in [0.717, 1.165) is 12.5 Å². The van der Waals surface area contributed by atoms with Gasteiger partial charge in [0.1, 0.15) is 0 Å². The van der Waals surface area contributed by atoms with Gasteiger partial charge in [-0.15, -0.1) is 0 Å². The van der Waals surface area contributed by atoms with Gasteiger partial charge in [0, 0.05) is 16.6 Å². The summed E-state index contributed by atoms with van der Waals surface area (Å²) in [6, 6.07) is 8.72. The number of fused-ring (bicyclic) bond motifs is 1. The highest BCUT2D eigenvalue weighted by Gasteiger charge is 2.28. The van der Waals surface area contributed by atoms with Gasteiger partial charge in [-0.05, 0) is 49.9 Å². The molecule has 1 fully saturated rings. The van der Waals surface area contributed by atoms with Crippen LogP contribution in [0.4, 0.5) is 0 Å². The van der Waals surface area contributed by atoms with Crippen molar-refractivity contribution in [3.63, 3.8) is 0 Å². The first-order chi connectivity index (χ1) is 8.81. The fourth-order valence-electron chi connectivity index (χ4n) is 3.51. The molecule has 0 aliphatic carbocycles. The number of piperidine rings is 1. The first-order valence-electron chi connectivity index (χ1n) is 7.09. The summed E-state index contributed by atoms with van der Waals surface area (Å²) in [4.78, 5) is 3.55. The molecular formula is C16H22N2. The van der Waals surface area contributed by atoms with E-state index < -0.39 is 0 Å². The maximum absolute atomic E-state index is 3.55. The quantitative estimate of drug-likeness (QED) is 0.827. The number of hydrogen-bond acceptors (Lipinski definition) is 1. The van der Waals surface area contributed by atoms with Crippen LogP contribution in [-0.4, -0.2) is 18.1 Å². The Morgan fingerprint density at radius 2 is 2.11 bits per heavy atom. The zero-order chi connectivity index (χ0) is 12.5. The van der Waals surface area contributed by atoms with Gasteiger partial charge >= 0.3 is 0 Å². The van der Waals surface area contributed by atoms with Gasteiger partial charge < -0.3 is 10.3 Å². The van der Waals surface area contributed by atoms with E-state index in [2.05, 4.69) is 48.4 Å². The van der Waals surface area contributed by atoms with Crippen LogP contribution in [-0.2, 0) is 0 Å². The largest absolute Gasteiger partial charge is 0.358 e. The Kier molecular flexibility index (Phi) is 3.13. The number of aromatic nitrogens is 1. The molecule has 0 saturated carbocycles. The monoisotopic (exact) mass is 242 g/mol. The SMILES string of the molecule is CCC1CNCCC1c1c(C)[nH]c2ccccc12. The van der Waals surface area contributed by atoms with Crippen molar-refractivity contribution in [2.24, 2.45) is 5.92 Å². The van der Waals surface area contributed by atoms with Crippen LogP contribution < -0.4 is 5.32 Å². The molecule has 0 spiro atoms. The van der Waals surface area contributed by atoms with E-state index in [4.69, 9.17) is 0 Å². The minimum Gasteiger partial charge on any atom is -0.358 e. The van der Waals surface area contributed by atoms with Gasteiger partial charge in [-0.25, -0.2) is 0 Å². The van der Waals surface area contributed by atoms with Gasteiger partial charge in [-0.1, -0.05) is 31.5 Å². The maximum Gasteiger partial charge on any atom is 0.0458 e. The van der Waals surface area contributed by atoms with Gasteiger partial charge in [-0.2, -0.15) is 0 Å². The van der Waals surface area contributed by atoms with Crippen molar-refractivity contribution >= 4 is 10.9 Å².